The molecule has 6 rings (SSSR count). The molecule has 0 radical (unpaired) electrons. The molecule has 9 nitrogen and oxygen atoms in total. The first kappa shape index (κ1) is 47.5. The largest absolute Gasteiger partial charge is 0.573 e. The maximum Gasteiger partial charge on any atom is 0.573 e. The molecule has 0 heterocycles. The number of carboxylic acid groups (broad SMARTS) is 1. The second-order valence-corrected chi connectivity index (χ2v) is 22.3. The topological polar surface area (TPSA) is 117 Å². The third kappa shape index (κ3) is 8.56. The highest BCUT2D eigenvalue weighted by Crippen LogP contribution is 2.77. The van der Waals surface area contributed by atoms with Crippen LogP contribution in [0.1, 0.15) is 132 Å². The Kier molecular flexibility index (Phi) is 12.9. The van der Waals surface area contributed by atoms with Gasteiger partial charge in [-0.1, -0.05) is 66.2 Å². The Labute approximate surface area is 362 Å². The van der Waals surface area contributed by atoms with E-state index in [0.717, 1.165) is 62.6 Å². The van der Waals surface area contributed by atoms with E-state index in [-0.39, 0.29) is 57.6 Å². The number of aliphatic hydroxyl groups is 1. The summed E-state index contributed by atoms with van der Waals surface area (Å²) in [5.41, 5.74) is 0.558. The maximum absolute atomic E-state index is 14.3. The molecule has 0 aliphatic heterocycles. The number of aliphatic hydroxyl groups excluding tert-OH is 1. The molecular formula is C49H73F3N2O7. The number of likely N-dealkylation sites (N-methyl/N-ethyl adjacent to an activating group) is 1. The van der Waals surface area contributed by atoms with Gasteiger partial charge in [-0.3, -0.25) is 19.3 Å². The van der Waals surface area contributed by atoms with E-state index in [9.17, 15) is 37.8 Å². The van der Waals surface area contributed by atoms with Crippen molar-refractivity contribution in [3.63, 3.8) is 0 Å². The molecule has 5 aliphatic rings. The number of ether oxygens (including phenoxy) is 2. The number of carboxylic acids is 1. The summed E-state index contributed by atoms with van der Waals surface area (Å²) in [6.45, 7) is 21.4. The Hall–Kier alpha value is -2.96. The quantitative estimate of drug-likeness (QED) is 0.177. The summed E-state index contributed by atoms with van der Waals surface area (Å²) < 4.78 is 48.9. The van der Waals surface area contributed by atoms with E-state index < -0.39 is 35.2 Å². The Balaban J connectivity index is 1.27. The number of alkyl halides is 3. The molecule has 1 aromatic carbocycles. The number of halogens is 3. The van der Waals surface area contributed by atoms with Crippen molar-refractivity contribution in [1.82, 2.24) is 9.80 Å². The fraction of sp³-hybridized carbons (Fsp3) is 0.776. The summed E-state index contributed by atoms with van der Waals surface area (Å²) in [5.74, 6) is -0.724. The number of hydrogen-bond acceptors (Lipinski definition) is 8. The summed E-state index contributed by atoms with van der Waals surface area (Å²) in [5, 5.41) is 22.3. The number of allylic oxidation sites excluding steroid dienone is 1. The van der Waals surface area contributed by atoms with E-state index in [4.69, 9.17) is 4.74 Å². The van der Waals surface area contributed by atoms with Gasteiger partial charge in [-0.15, -0.1) is 13.2 Å². The van der Waals surface area contributed by atoms with Crippen LogP contribution in [0.2, 0.25) is 0 Å². The van der Waals surface area contributed by atoms with Gasteiger partial charge in [0.25, 0.3) is 0 Å². The lowest BCUT2D eigenvalue weighted by atomic mass is 9.33. The SMILES string of the molecule is CC(C)C1=C2C3CCC4C5(C)CCC(OC(=O)CC(C)(C)C(=O)O)C(C)(C)C5CCC4(C)C3(C)CCC2(C(O)CN(CCN(C)C)Cc2ccc(OC(F)(F)F)cc2)CC1=O. The van der Waals surface area contributed by atoms with E-state index >= 15 is 0 Å². The average Bonchev–Trinajstić information content (AvgIpc) is 3.45. The number of rotatable bonds is 14. The Morgan fingerprint density at radius 1 is 0.885 bits per heavy atom. The molecule has 4 fully saturated rings. The molecule has 0 amide bonds. The van der Waals surface area contributed by atoms with Crippen molar-refractivity contribution >= 4 is 17.7 Å². The third-order valence-corrected chi connectivity index (χ3v) is 17.4. The number of carbonyl (C=O) groups excluding carboxylic acids is 2. The maximum atomic E-state index is 14.3. The molecule has 9 unspecified atom stereocenters. The van der Waals surface area contributed by atoms with Crippen LogP contribution in [-0.2, 0) is 25.7 Å². The molecule has 0 bridgehead atoms. The summed E-state index contributed by atoms with van der Waals surface area (Å²) in [6.07, 6.45) is 1.45. The first-order valence-electron chi connectivity index (χ1n) is 22.7. The molecule has 2 N–H and O–H groups in total. The highest BCUT2D eigenvalue weighted by molar-refractivity contribution is 6.00. The van der Waals surface area contributed by atoms with E-state index in [2.05, 4.69) is 63.0 Å². The van der Waals surface area contributed by atoms with Crippen LogP contribution in [0.5, 0.6) is 5.75 Å². The standard InChI is InChI=1S/C49H73F3N2O7/c1-30(2)40-34(55)26-48(37(56)29-54(25-24-53(10)11)28-31-12-14-32(15-13-31)61-49(50,51)52)23-22-46(8)33(41(40)48)16-17-36-45(7)20-19-38(60-39(57)27-43(3,4)42(58)59)44(5,6)35(45)18-21-47(36,46)9/h12-15,30,33,35-38,56H,16-29H2,1-11H3,(H,58,59). The van der Waals surface area contributed by atoms with E-state index in [1.54, 1.807) is 26.0 Å². The van der Waals surface area contributed by atoms with Gasteiger partial charge in [-0.2, -0.15) is 0 Å². The first-order chi connectivity index (χ1) is 28.1. The average molecular weight is 859 g/mol. The number of Topliss-reactive ketones (excluding diaryl/α,β-unsaturated/α-hetero) is 1. The summed E-state index contributed by atoms with van der Waals surface area (Å²) in [7, 11) is 3.98. The molecule has 0 aromatic heterocycles. The third-order valence-electron chi connectivity index (χ3n) is 17.4. The van der Waals surface area contributed by atoms with Crippen LogP contribution in [0.15, 0.2) is 35.4 Å². The predicted molar refractivity (Wildman–Crippen MR) is 228 cm³/mol. The number of esters is 1. The zero-order valence-electron chi connectivity index (χ0n) is 38.6. The van der Waals surface area contributed by atoms with Crippen LogP contribution in [0.4, 0.5) is 13.2 Å². The number of fused-ring (bicyclic) bond motifs is 7. The summed E-state index contributed by atoms with van der Waals surface area (Å²) >= 11 is 0. The van der Waals surface area contributed by atoms with Crippen LogP contribution in [0, 0.1) is 56.2 Å². The zero-order valence-corrected chi connectivity index (χ0v) is 38.6. The second-order valence-electron chi connectivity index (χ2n) is 22.3. The van der Waals surface area contributed by atoms with Crippen LogP contribution in [0.25, 0.3) is 0 Å². The Morgan fingerprint density at radius 2 is 1.54 bits per heavy atom. The highest BCUT2D eigenvalue weighted by Gasteiger charge is 2.71. The number of ketones is 1. The van der Waals surface area contributed by atoms with Crippen LogP contribution in [-0.4, -0.2) is 90.0 Å². The Bertz CT molecular complexity index is 1860. The fourth-order valence-electron chi connectivity index (χ4n) is 14.0. The lowest BCUT2D eigenvalue weighted by Gasteiger charge is -2.72. The minimum absolute atomic E-state index is 0.00740. The van der Waals surface area contributed by atoms with Gasteiger partial charge in [0.2, 0.25) is 0 Å². The summed E-state index contributed by atoms with van der Waals surface area (Å²) in [6, 6.07) is 5.93. The molecule has 12 heteroatoms. The first-order valence-corrected chi connectivity index (χ1v) is 22.7. The van der Waals surface area contributed by atoms with Gasteiger partial charge in [-0.25, -0.2) is 0 Å². The van der Waals surface area contributed by atoms with Gasteiger partial charge in [0.1, 0.15) is 11.9 Å². The normalized spacial score (nSPS) is 34.2. The zero-order chi connectivity index (χ0) is 45.3. The molecule has 9 atom stereocenters. The van der Waals surface area contributed by atoms with Crippen molar-refractivity contribution in [2.45, 2.75) is 152 Å². The number of carbonyl (C=O) groups is 3. The highest BCUT2D eigenvalue weighted by atomic mass is 19.4. The molecule has 0 spiro atoms. The van der Waals surface area contributed by atoms with E-state index in [1.165, 1.54) is 17.7 Å². The lowest BCUT2D eigenvalue weighted by Crippen LogP contribution is -2.66. The van der Waals surface area contributed by atoms with Gasteiger partial charge < -0.3 is 24.6 Å². The lowest BCUT2D eigenvalue weighted by molar-refractivity contribution is -0.274. The molecule has 342 valence electrons. The molecule has 61 heavy (non-hydrogen) atoms. The molecular weight excluding hydrogens is 786 g/mol. The molecule has 0 saturated heterocycles. The van der Waals surface area contributed by atoms with E-state index in [1.807, 2.05) is 14.1 Å². The fourth-order valence-corrected chi connectivity index (χ4v) is 14.0. The number of hydrogen-bond donors (Lipinski definition) is 2. The Morgan fingerprint density at radius 3 is 2.13 bits per heavy atom. The van der Waals surface area contributed by atoms with Crippen LogP contribution in [0.3, 0.4) is 0 Å². The van der Waals surface area contributed by atoms with Gasteiger partial charge in [0.05, 0.1) is 17.9 Å². The van der Waals surface area contributed by atoms with Crippen LogP contribution < -0.4 is 4.74 Å². The van der Waals surface area contributed by atoms with Crippen molar-refractivity contribution in [3.8, 4) is 5.75 Å². The molecule has 1 aromatic rings. The van der Waals surface area contributed by atoms with Gasteiger partial charge in [0, 0.05) is 43.4 Å². The monoisotopic (exact) mass is 859 g/mol. The minimum Gasteiger partial charge on any atom is -0.481 e. The van der Waals surface area contributed by atoms with Crippen molar-refractivity contribution in [3.05, 3.63) is 41.0 Å². The van der Waals surface area contributed by atoms with E-state index in [0.29, 0.717) is 44.3 Å². The predicted octanol–water partition coefficient (Wildman–Crippen LogP) is 9.70. The second kappa shape index (κ2) is 16.5. The van der Waals surface area contributed by atoms with Gasteiger partial charge >= 0.3 is 18.3 Å². The van der Waals surface area contributed by atoms with Gasteiger partial charge in [-0.05, 0) is 142 Å². The number of nitrogens with zero attached hydrogens (tertiary/aromatic N) is 2. The minimum atomic E-state index is -4.77. The van der Waals surface area contributed by atoms with Crippen LogP contribution >= 0.6 is 0 Å². The number of aliphatic carboxylic acids is 1. The molecule has 5 aliphatic carbocycles. The number of benzene rings is 1. The van der Waals surface area contributed by atoms with Crippen molar-refractivity contribution < 1.29 is 47.2 Å². The summed E-state index contributed by atoms with van der Waals surface area (Å²) in [4.78, 5) is 43.6. The smallest absolute Gasteiger partial charge is 0.481 e. The van der Waals surface area contributed by atoms with Crippen molar-refractivity contribution in [2.24, 2.45) is 56.2 Å². The van der Waals surface area contributed by atoms with Crippen molar-refractivity contribution in [1.29, 1.82) is 0 Å². The van der Waals surface area contributed by atoms with Gasteiger partial charge in [0.15, 0.2) is 5.78 Å². The van der Waals surface area contributed by atoms with Crippen molar-refractivity contribution in [2.75, 3.05) is 33.7 Å². The molecule has 4 saturated carbocycles.